The third kappa shape index (κ3) is 4.27. The Morgan fingerprint density at radius 3 is 2.84 bits per heavy atom. The van der Waals surface area contributed by atoms with Crippen molar-refractivity contribution in [1.29, 1.82) is 0 Å². The Kier molecular flexibility index (Phi) is 5.83. The van der Waals surface area contributed by atoms with E-state index in [1.807, 2.05) is 16.0 Å². The van der Waals surface area contributed by atoms with Crippen molar-refractivity contribution < 1.29 is 9.53 Å². The van der Waals surface area contributed by atoms with Crippen LogP contribution in [0.25, 0.3) is 16.2 Å². The van der Waals surface area contributed by atoms with Crippen molar-refractivity contribution in [1.82, 2.24) is 14.7 Å². The van der Waals surface area contributed by atoms with Gasteiger partial charge in [-0.1, -0.05) is 31.2 Å². The van der Waals surface area contributed by atoms with Crippen molar-refractivity contribution in [3.63, 3.8) is 0 Å². The normalized spacial score (nSPS) is 11.1. The van der Waals surface area contributed by atoms with E-state index in [1.165, 1.54) is 5.56 Å². The van der Waals surface area contributed by atoms with Gasteiger partial charge in [0, 0.05) is 43.1 Å². The summed E-state index contributed by atoms with van der Waals surface area (Å²) in [4.78, 5) is 17.7. The summed E-state index contributed by atoms with van der Waals surface area (Å²) in [5.74, 6) is 0.0263. The number of benzene rings is 1. The Bertz CT molecular complexity index is 836. The molecule has 3 aromatic rings. The van der Waals surface area contributed by atoms with E-state index in [0.29, 0.717) is 19.6 Å². The highest BCUT2D eigenvalue weighted by Crippen LogP contribution is 2.24. The summed E-state index contributed by atoms with van der Waals surface area (Å²) in [7, 11) is 1.66. The van der Waals surface area contributed by atoms with Crippen LogP contribution in [-0.4, -0.2) is 35.6 Å². The monoisotopic (exact) mass is 357 g/mol. The third-order valence-electron chi connectivity index (χ3n) is 4.13. The van der Waals surface area contributed by atoms with Gasteiger partial charge in [-0.2, -0.15) is 0 Å². The molecule has 0 aliphatic heterocycles. The number of hydrogen-bond acceptors (Lipinski definition) is 4. The summed E-state index contributed by atoms with van der Waals surface area (Å²) in [5, 5.41) is 4.92. The molecule has 5 nitrogen and oxygen atoms in total. The van der Waals surface area contributed by atoms with E-state index >= 15 is 0 Å². The molecule has 0 radical (unpaired) electrons. The van der Waals surface area contributed by atoms with E-state index in [4.69, 9.17) is 4.74 Å². The van der Waals surface area contributed by atoms with Crippen molar-refractivity contribution in [2.75, 3.05) is 20.3 Å². The molecule has 1 aromatic carbocycles. The predicted octanol–water partition coefficient (Wildman–Crippen LogP) is 3.32. The van der Waals surface area contributed by atoms with Gasteiger partial charge in [-0.05, 0) is 18.4 Å². The first kappa shape index (κ1) is 17.6. The van der Waals surface area contributed by atoms with Gasteiger partial charge in [-0.25, -0.2) is 4.98 Å². The Labute approximate surface area is 151 Å². The summed E-state index contributed by atoms with van der Waals surface area (Å²) in [5.41, 5.74) is 4.32. The summed E-state index contributed by atoms with van der Waals surface area (Å²) >= 11 is 1.56. The van der Waals surface area contributed by atoms with Crippen molar-refractivity contribution >= 4 is 22.2 Å². The number of imidazole rings is 1. The third-order valence-corrected chi connectivity index (χ3v) is 5.02. The number of methoxy groups -OCH3 is 1. The minimum atomic E-state index is 0.0263. The van der Waals surface area contributed by atoms with Crippen LogP contribution in [0.3, 0.4) is 0 Å². The van der Waals surface area contributed by atoms with Crippen molar-refractivity contribution in [3.05, 3.63) is 47.1 Å². The molecule has 2 aromatic heterocycles. The zero-order valence-electron chi connectivity index (χ0n) is 14.6. The molecule has 1 N–H and O–H groups in total. The maximum Gasteiger partial charge on any atom is 0.225 e. The summed E-state index contributed by atoms with van der Waals surface area (Å²) in [6.45, 7) is 3.44. The second kappa shape index (κ2) is 8.27. The number of carbonyl (C=O) groups is 1. The van der Waals surface area contributed by atoms with Gasteiger partial charge >= 0.3 is 0 Å². The Hall–Kier alpha value is -2.18. The topological polar surface area (TPSA) is 55.6 Å². The van der Waals surface area contributed by atoms with Crippen LogP contribution in [0.5, 0.6) is 0 Å². The van der Waals surface area contributed by atoms with E-state index in [1.54, 1.807) is 18.4 Å². The van der Waals surface area contributed by atoms with Gasteiger partial charge in [0.2, 0.25) is 5.91 Å². The number of nitrogens with one attached hydrogen (secondary N) is 1. The molecule has 0 unspecified atom stereocenters. The molecule has 0 saturated carbocycles. The largest absolute Gasteiger partial charge is 0.385 e. The fraction of sp³-hybridized carbons (Fsp3) is 0.368. The first-order valence-electron chi connectivity index (χ1n) is 8.51. The van der Waals surface area contributed by atoms with Crippen molar-refractivity contribution in [2.24, 2.45) is 0 Å². The minimum absolute atomic E-state index is 0.0263. The molecule has 0 saturated heterocycles. The lowest BCUT2D eigenvalue weighted by Crippen LogP contribution is -2.27. The SMILES string of the molecule is CCc1ccc(-c2cn3c(CC(=O)NCCCOC)csc3n2)cc1. The van der Waals surface area contributed by atoms with Crippen LogP contribution >= 0.6 is 11.3 Å². The lowest BCUT2D eigenvalue weighted by Gasteiger charge is -2.04. The highest BCUT2D eigenvalue weighted by atomic mass is 32.1. The van der Waals surface area contributed by atoms with Gasteiger partial charge in [-0.3, -0.25) is 9.20 Å². The second-order valence-electron chi connectivity index (χ2n) is 5.93. The molecule has 132 valence electrons. The van der Waals surface area contributed by atoms with E-state index in [-0.39, 0.29) is 5.91 Å². The number of fused-ring (bicyclic) bond motifs is 1. The summed E-state index contributed by atoms with van der Waals surface area (Å²) in [6.07, 6.45) is 4.23. The van der Waals surface area contributed by atoms with Crippen LogP contribution in [0.15, 0.2) is 35.8 Å². The molecule has 0 aliphatic carbocycles. The van der Waals surface area contributed by atoms with Crippen LogP contribution < -0.4 is 5.32 Å². The summed E-state index contributed by atoms with van der Waals surface area (Å²) in [6, 6.07) is 8.48. The Balaban J connectivity index is 1.70. The minimum Gasteiger partial charge on any atom is -0.385 e. The number of rotatable bonds is 8. The van der Waals surface area contributed by atoms with Gasteiger partial charge in [0.15, 0.2) is 4.96 Å². The zero-order chi connectivity index (χ0) is 17.6. The molecule has 0 fully saturated rings. The fourth-order valence-electron chi connectivity index (χ4n) is 2.68. The average molecular weight is 357 g/mol. The molecule has 0 atom stereocenters. The van der Waals surface area contributed by atoms with E-state index < -0.39 is 0 Å². The number of carbonyl (C=O) groups excluding carboxylic acids is 1. The lowest BCUT2D eigenvalue weighted by molar-refractivity contribution is -0.120. The molecular formula is C19H23N3O2S. The Morgan fingerprint density at radius 2 is 2.12 bits per heavy atom. The number of nitrogens with zero attached hydrogens (tertiary/aromatic N) is 2. The van der Waals surface area contributed by atoms with Gasteiger partial charge < -0.3 is 10.1 Å². The fourth-order valence-corrected chi connectivity index (χ4v) is 3.55. The standard InChI is InChI=1S/C19H23N3O2S/c1-3-14-5-7-15(8-6-14)17-12-22-16(13-25-19(22)21-17)11-18(23)20-9-4-10-24-2/h5-8,12-13H,3-4,9-11H2,1-2H3,(H,20,23). The van der Waals surface area contributed by atoms with E-state index in [9.17, 15) is 4.79 Å². The number of hydrogen-bond donors (Lipinski definition) is 1. The van der Waals surface area contributed by atoms with E-state index in [2.05, 4.69) is 41.5 Å². The van der Waals surface area contributed by atoms with Crippen molar-refractivity contribution in [3.8, 4) is 11.3 Å². The maximum absolute atomic E-state index is 12.1. The smallest absolute Gasteiger partial charge is 0.225 e. The van der Waals surface area contributed by atoms with Crippen LogP contribution in [0.1, 0.15) is 24.6 Å². The molecule has 1 amide bonds. The van der Waals surface area contributed by atoms with Gasteiger partial charge in [-0.15, -0.1) is 11.3 Å². The van der Waals surface area contributed by atoms with Gasteiger partial charge in [0.1, 0.15) is 0 Å². The number of thiazole rings is 1. The summed E-state index contributed by atoms with van der Waals surface area (Å²) < 4.78 is 7.00. The first-order chi connectivity index (χ1) is 12.2. The van der Waals surface area contributed by atoms with E-state index in [0.717, 1.165) is 34.8 Å². The zero-order valence-corrected chi connectivity index (χ0v) is 15.4. The van der Waals surface area contributed by atoms with Crippen molar-refractivity contribution in [2.45, 2.75) is 26.2 Å². The van der Waals surface area contributed by atoms with Crippen LogP contribution in [-0.2, 0) is 22.4 Å². The first-order valence-corrected chi connectivity index (χ1v) is 9.39. The quantitative estimate of drug-likeness (QED) is 0.629. The second-order valence-corrected chi connectivity index (χ2v) is 6.77. The molecular weight excluding hydrogens is 334 g/mol. The average Bonchev–Trinajstić information content (AvgIpc) is 3.21. The molecule has 0 bridgehead atoms. The number of aryl methyl sites for hydroxylation is 1. The molecule has 3 rings (SSSR count). The number of ether oxygens (including phenoxy) is 1. The highest BCUT2D eigenvalue weighted by molar-refractivity contribution is 7.15. The highest BCUT2D eigenvalue weighted by Gasteiger charge is 2.12. The molecule has 0 spiro atoms. The molecule has 6 heteroatoms. The van der Waals surface area contributed by atoms with Crippen LogP contribution in [0.4, 0.5) is 0 Å². The lowest BCUT2D eigenvalue weighted by atomic mass is 10.1. The van der Waals surface area contributed by atoms with Gasteiger partial charge in [0.25, 0.3) is 0 Å². The molecule has 2 heterocycles. The molecule has 0 aliphatic rings. The molecule has 25 heavy (non-hydrogen) atoms. The Morgan fingerprint density at radius 1 is 1.32 bits per heavy atom. The maximum atomic E-state index is 12.1. The predicted molar refractivity (Wildman–Crippen MR) is 101 cm³/mol. The van der Waals surface area contributed by atoms with Crippen LogP contribution in [0, 0.1) is 0 Å². The van der Waals surface area contributed by atoms with Gasteiger partial charge in [0.05, 0.1) is 12.1 Å². The number of amides is 1. The van der Waals surface area contributed by atoms with Crippen LogP contribution in [0.2, 0.25) is 0 Å². The number of aromatic nitrogens is 2.